The topological polar surface area (TPSA) is 63.6 Å². The number of para-hydroxylation sites is 2. The van der Waals surface area contributed by atoms with Gasteiger partial charge < -0.3 is 9.72 Å². The number of nitrogens with zero attached hydrogens (tertiary/aromatic N) is 1. The first-order valence-electron chi connectivity index (χ1n) is 6.85. The number of benzene rings is 2. The van der Waals surface area contributed by atoms with Gasteiger partial charge in [0.15, 0.2) is 0 Å². The summed E-state index contributed by atoms with van der Waals surface area (Å²) < 4.78 is 6.78. The standard InChI is InChI=1S/C17H12N2O3/c1-22-17(21)14-10-6-2-4-8-12(10)19-13-9-5-3-7-11(13)16(20)18-15(14)19/h2-9H,1H3,(H,18,20). The molecule has 0 aliphatic heterocycles. The molecule has 5 heteroatoms. The molecule has 0 bridgehead atoms. The van der Waals surface area contributed by atoms with Crippen LogP contribution in [0.5, 0.6) is 0 Å². The third kappa shape index (κ3) is 1.53. The molecule has 0 spiro atoms. The summed E-state index contributed by atoms with van der Waals surface area (Å²) >= 11 is 0. The Balaban J connectivity index is 2.38. The molecule has 0 fully saturated rings. The van der Waals surface area contributed by atoms with Crippen LogP contribution in [0.2, 0.25) is 0 Å². The summed E-state index contributed by atoms with van der Waals surface area (Å²) in [5, 5.41) is 1.33. The minimum absolute atomic E-state index is 0.226. The van der Waals surface area contributed by atoms with E-state index in [1.165, 1.54) is 7.11 Å². The molecule has 22 heavy (non-hydrogen) atoms. The zero-order valence-electron chi connectivity index (χ0n) is 11.8. The van der Waals surface area contributed by atoms with Gasteiger partial charge in [0.2, 0.25) is 0 Å². The Hall–Kier alpha value is -3.08. The molecule has 2 aromatic heterocycles. The lowest BCUT2D eigenvalue weighted by Gasteiger charge is -2.04. The summed E-state index contributed by atoms with van der Waals surface area (Å²) in [6.45, 7) is 0. The number of esters is 1. The average molecular weight is 292 g/mol. The number of carbonyl (C=O) groups excluding carboxylic acids is 1. The van der Waals surface area contributed by atoms with Gasteiger partial charge in [-0.05, 0) is 18.2 Å². The first-order valence-corrected chi connectivity index (χ1v) is 6.85. The van der Waals surface area contributed by atoms with Gasteiger partial charge in [0.05, 0.1) is 23.5 Å². The number of fused-ring (bicyclic) bond motifs is 5. The van der Waals surface area contributed by atoms with Crippen molar-refractivity contribution >= 4 is 33.4 Å². The van der Waals surface area contributed by atoms with Gasteiger partial charge in [0.1, 0.15) is 11.2 Å². The Morgan fingerprint density at radius 2 is 1.59 bits per heavy atom. The van der Waals surface area contributed by atoms with Crippen LogP contribution in [-0.2, 0) is 4.74 Å². The number of aromatic amines is 1. The quantitative estimate of drug-likeness (QED) is 0.549. The van der Waals surface area contributed by atoms with Crippen molar-refractivity contribution < 1.29 is 9.53 Å². The van der Waals surface area contributed by atoms with E-state index in [0.717, 1.165) is 16.4 Å². The molecule has 0 aliphatic carbocycles. The first-order chi connectivity index (χ1) is 10.7. The van der Waals surface area contributed by atoms with Crippen molar-refractivity contribution in [1.29, 1.82) is 0 Å². The van der Waals surface area contributed by atoms with Crippen molar-refractivity contribution in [3.8, 4) is 0 Å². The fourth-order valence-electron chi connectivity index (χ4n) is 2.95. The lowest BCUT2D eigenvalue weighted by molar-refractivity contribution is 0.0605. The maximum absolute atomic E-state index is 12.3. The number of methoxy groups -OCH3 is 1. The lowest BCUT2D eigenvalue weighted by atomic mass is 10.2. The summed E-state index contributed by atoms with van der Waals surface area (Å²) in [6.07, 6.45) is 0. The van der Waals surface area contributed by atoms with Crippen molar-refractivity contribution in [3.63, 3.8) is 0 Å². The van der Waals surface area contributed by atoms with E-state index in [2.05, 4.69) is 4.98 Å². The van der Waals surface area contributed by atoms with Crippen LogP contribution >= 0.6 is 0 Å². The number of ether oxygens (including phenoxy) is 1. The van der Waals surface area contributed by atoms with Gasteiger partial charge in [0, 0.05) is 5.39 Å². The van der Waals surface area contributed by atoms with Crippen LogP contribution in [0.3, 0.4) is 0 Å². The van der Waals surface area contributed by atoms with Crippen LogP contribution in [0, 0.1) is 0 Å². The van der Waals surface area contributed by atoms with E-state index in [4.69, 9.17) is 4.74 Å². The van der Waals surface area contributed by atoms with Crippen molar-refractivity contribution in [2.75, 3.05) is 7.11 Å². The largest absolute Gasteiger partial charge is 0.465 e. The number of H-pyrrole nitrogens is 1. The highest BCUT2D eigenvalue weighted by Gasteiger charge is 2.21. The zero-order chi connectivity index (χ0) is 15.3. The molecular formula is C17H12N2O3. The van der Waals surface area contributed by atoms with Gasteiger partial charge >= 0.3 is 5.97 Å². The number of hydrogen-bond acceptors (Lipinski definition) is 3. The molecule has 1 N–H and O–H groups in total. The molecule has 0 saturated carbocycles. The highest BCUT2D eigenvalue weighted by Crippen LogP contribution is 2.28. The van der Waals surface area contributed by atoms with Crippen LogP contribution in [-0.4, -0.2) is 22.5 Å². The minimum atomic E-state index is -0.468. The zero-order valence-corrected chi connectivity index (χ0v) is 11.8. The Labute approximate surface area is 124 Å². The van der Waals surface area contributed by atoms with Crippen LogP contribution in [0.15, 0.2) is 53.3 Å². The highest BCUT2D eigenvalue weighted by molar-refractivity contribution is 6.12. The molecule has 108 valence electrons. The van der Waals surface area contributed by atoms with E-state index in [1.54, 1.807) is 6.07 Å². The number of hydrogen-bond donors (Lipinski definition) is 1. The Morgan fingerprint density at radius 3 is 2.27 bits per heavy atom. The van der Waals surface area contributed by atoms with E-state index in [0.29, 0.717) is 16.6 Å². The molecule has 0 saturated heterocycles. The highest BCUT2D eigenvalue weighted by atomic mass is 16.5. The van der Waals surface area contributed by atoms with Crippen LogP contribution in [0.25, 0.3) is 27.5 Å². The molecule has 2 heterocycles. The Bertz CT molecular complexity index is 1110. The van der Waals surface area contributed by atoms with Gasteiger partial charge in [0.25, 0.3) is 5.56 Å². The van der Waals surface area contributed by atoms with E-state index in [-0.39, 0.29) is 5.56 Å². The first kappa shape index (κ1) is 12.6. The molecule has 0 radical (unpaired) electrons. The van der Waals surface area contributed by atoms with Crippen molar-refractivity contribution in [2.45, 2.75) is 0 Å². The molecule has 0 amide bonds. The summed E-state index contributed by atoms with van der Waals surface area (Å²) in [4.78, 5) is 27.3. The van der Waals surface area contributed by atoms with Crippen molar-refractivity contribution in [1.82, 2.24) is 9.38 Å². The summed E-state index contributed by atoms with van der Waals surface area (Å²) in [7, 11) is 1.33. The molecule has 0 aliphatic rings. The smallest absolute Gasteiger partial charge is 0.342 e. The molecule has 2 aromatic carbocycles. The van der Waals surface area contributed by atoms with E-state index >= 15 is 0 Å². The molecule has 4 aromatic rings. The monoisotopic (exact) mass is 292 g/mol. The number of aromatic nitrogens is 2. The molecule has 5 nitrogen and oxygen atoms in total. The maximum atomic E-state index is 12.3. The predicted octanol–water partition coefficient (Wildman–Crippen LogP) is 2.72. The lowest BCUT2D eigenvalue weighted by Crippen LogP contribution is -2.11. The van der Waals surface area contributed by atoms with E-state index in [1.807, 2.05) is 46.9 Å². The SMILES string of the molecule is COC(=O)c1c2ccccc2n2c1[nH]c(=O)c1ccccc12. The van der Waals surface area contributed by atoms with Gasteiger partial charge in [-0.3, -0.25) is 9.20 Å². The number of nitrogens with one attached hydrogen (secondary N) is 1. The second kappa shape index (κ2) is 4.46. The predicted molar refractivity (Wildman–Crippen MR) is 84.4 cm³/mol. The third-order valence-electron chi connectivity index (χ3n) is 3.89. The maximum Gasteiger partial charge on any atom is 0.342 e. The summed E-state index contributed by atoms with van der Waals surface area (Å²) in [5.74, 6) is -0.468. The van der Waals surface area contributed by atoms with Crippen LogP contribution in [0.1, 0.15) is 10.4 Å². The van der Waals surface area contributed by atoms with Gasteiger partial charge in [-0.2, -0.15) is 0 Å². The van der Waals surface area contributed by atoms with Crippen LogP contribution < -0.4 is 5.56 Å². The molecule has 0 unspecified atom stereocenters. The number of rotatable bonds is 1. The van der Waals surface area contributed by atoms with E-state index < -0.39 is 5.97 Å². The average Bonchev–Trinajstić information content (AvgIpc) is 2.88. The fraction of sp³-hybridized carbons (Fsp3) is 0.0588. The fourth-order valence-corrected chi connectivity index (χ4v) is 2.95. The van der Waals surface area contributed by atoms with E-state index in [9.17, 15) is 9.59 Å². The second-order valence-electron chi connectivity index (χ2n) is 5.04. The summed E-state index contributed by atoms with van der Waals surface area (Å²) in [6, 6.07) is 14.8. The number of carbonyl (C=O) groups is 1. The van der Waals surface area contributed by atoms with Gasteiger partial charge in [-0.15, -0.1) is 0 Å². The van der Waals surface area contributed by atoms with Crippen molar-refractivity contribution in [3.05, 3.63) is 64.4 Å². The summed E-state index contributed by atoms with van der Waals surface area (Å²) in [5.41, 5.74) is 2.21. The Morgan fingerprint density at radius 1 is 1.00 bits per heavy atom. The van der Waals surface area contributed by atoms with Crippen molar-refractivity contribution in [2.24, 2.45) is 0 Å². The molecule has 4 rings (SSSR count). The van der Waals surface area contributed by atoms with Gasteiger partial charge in [-0.25, -0.2) is 4.79 Å². The second-order valence-corrected chi connectivity index (χ2v) is 5.04. The Kier molecular flexibility index (Phi) is 2.56. The molecular weight excluding hydrogens is 280 g/mol. The minimum Gasteiger partial charge on any atom is -0.465 e. The molecule has 0 atom stereocenters. The van der Waals surface area contributed by atoms with Crippen LogP contribution in [0.4, 0.5) is 0 Å². The normalized spacial score (nSPS) is 11.3. The third-order valence-corrected chi connectivity index (χ3v) is 3.89. The van der Waals surface area contributed by atoms with Gasteiger partial charge in [-0.1, -0.05) is 30.3 Å².